The van der Waals surface area contributed by atoms with Crippen LogP contribution in [0.5, 0.6) is 0 Å². The number of ether oxygens (including phenoxy) is 1. The third-order valence-corrected chi connectivity index (χ3v) is 5.87. The first-order chi connectivity index (χ1) is 12.6. The zero-order chi connectivity index (χ0) is 20.5. The molecule has 1 heterocycles. The highest BCUT2D eigenvalue weighted by molar-refractivity contribution is 9.10. The Morgan fingerprint density at radius 1 is 1.26 bits per heavy atom. The number of carbonyl (C=O) groups excluding carboxylic acids is 4. The molecule has 0 radical (unpaired) electrons. The van der Waals surface area contributed by atoms with Crippen LogP contribution >= 0.6 is 27.5 Å². The molecule has 146 valence electrons. The molecule has 6 nitrogen and oxygen atoms in total. The maximum absolute atomic E-state index is 13.0. The van der Waals surface area contributed by atoms with Crippen LogP contribution in [0.25, 0.3) is 0 Å². The summed E-state index contributed by atoms with van der Waals surface area (Å²) in [5.41, 5.74) is 1.07. The fourth-order valence-electron chi connectivity index (χ4n) is 3.45. The Kier molecular flexibility index (Phi) is 6.81. The van der Waals surface area contributed by atoms with Crippen molar-refractivity contribution in [2.75, 3.05) is 18.6 Å². The highest BCUT2D eigenvalue weighted by Gasteiger charge is 2.50. The van der Waals surface area contributed by atoms with Gasteiger partial charge in [-0.1, -0.05) is 18.5 Å². The van der Waals surface area contributed by atoms with Gasteiger partial charge in [-0.2, -0.15) is 0 Å². The first-order valence-electron chi connectivity index (χ1n) is 8.55. The van der Waals surface area contributed by atoms with Gasteiger partial charge in [-0.05, 0) is 53.9 Å². The van der Waals surface area contributed by atoms with Gasteiger partial charge >= 0.3 is 5.97 Å². The summed E-state index contributed by atoms with van der Waals surface area (Å²) in [5.74, 6) is -5.58. The van der Waals surface area contributed by atoms with Crippen LogP contribution in [0.4, 0.5) is 5.69 Å². The van der Waals surface area contributed by atoms with Crippen molar-refractivity contribution in [3.05, 3.63) is 27.2 Å². The molecule has 0 spiro atoms. The number of esters is 1. The van der Waals surface area contributed by atoms with E-state index in [2.05, 4.69) is 15.9 Å². The summed E-state index contributed by atoms with van der Waals surface area (Å²) in [6.07, 6.45) is 0.581. The Balaban J connectivity index is 2.64. The summed E-state index contributed by atoms with van der Waals surface area (Å²) in [6, 6.07) is 3.27. The van der Waals surface area contributed by atoms with E-state index in [4.69, 9.17) is 16.3 Å². The molecular formula is C19H21BrClNO5. The van der Waals surface area contributed by atoms with Crippen molar-refractivity contribution in [3.8, 4) is 0 Å². The van der Waals surface area contributed by atoms with Crippen LogP contribution in [-0.4, -0.2) is 37.1 Å². The van der Waals surface area contributed by atoms with Crippen molar-refractivity contribution in [1.29, 1.82) is 0 Å². The molecule has 2 atom stereocenters. The van der Waals surface area contributed by atoms with E-state index in [1.165, 1.54) is 18.7 Å². The second-order valence-corrected chi connectivity index (χ2v) is 7.85. The smallest absolute Gasteiger partial charge is 0.311 e. The van der Waals surface area contributed by atoms with E-state index in [0.717, 1.165) is 0 Å². The predicted molar refractivity (Wildman–Crippen MR) is 105 cm³/mol. The van der Waals surface area contributed by atoms with E-state index in [0.29, 0.717) is 27.2 Å². The number of anilines is 1. The lowest BCUT2D eigenvalue weighted by atomic mass is 9.75. The summed E-state index contributed by atoms with van der Waals surface area (Å²) < 4.78 is 5.84. The molecule has 0 N–H and O–H groups in total. The Labute approximate surface area is 171 Å². The Hall–Kier alpha value is -1.73. The van der Waals surface area contributed by atoms with E-state index in [1.807, 2.05) is 6.92 Å². The van der Waals surface area contributed by atoms with Gasteiger partial charge in [-0.3, -0.25) is 19.2 Å². The van der Waals surface area contributed by atoms with Gasteiger partial charge in [0.15, 0.2) is 0 Å². The number of likely N-dealkylation sites (N-methyl/N-ethyl adjacent to an activating group) is 1. The minimum absolute atomic E-state index is 0.141. The average molecular weight is 459 g/mol. The van der Waals surface area contributed by atoms with E-state index >= 15 is 0 Å². The molecule has 0 saturated heterocycles. The number of fused-ring (bicyclic) bond motifs is 1. The molecule has 0 aromatic heterocycles. The monoisotopic (exact) mass is 457 g/mol. The zero-order valence-corrected chi connectivity index (χ0v) is 17.9. The van der Waals surface area contributed by atoms with Gasteiger partial charge < -0.3 is 9.64 Å². The van der Waals surface area contributed by atoms with E-state index in [-0.39, 0.29) is 12.5 Å². The predicted octanol–water partition coefficient (Wildman–Crippen LogP) is 3.53. The number of carbonyl (C=O) groups is 4. The van der Waals surface area contributed by atoms with Gasteiger partial charge in [0.2, 0.25) is 5.91 Å². The molecule has 2 rings (SSSR count). The third-order valence-electron chi connectivity index (χ3n) is 4.68. The molecule has 0 fully saturated rings. The molecule has 1 aliphatic rings. The number of hydrogen-bond donors (Lipinski definition) is 0. The van der Waals surface area contributed by atoms with Crippen molar-refractivity contribution in [1.82, 2.24) is 0 Å². The zero-order valence-electron chi connectivity index (χ0n) is 15.5. The molecule has 1 aromatic rings. The van der Waals surface area contributed by atoms with Crippen molar-refractivity contribution in [3.63, 3.8) is 0 Å². The summed E-state index contributed by atoms with van der Waals surface area (Å²) in [6.45, 7) is 4.45. The largest absolute Gasteiger partial charge is 0.465 e. The van der Waals surface area contributed by atoms with E-state index in [1.54, 1.807) is 19.2 Å². The summed E-state index contributed by atoms with van der Waals surface area (Å²) in [7, 11) is 1.58. The number of benzene rings is 1. The van der Waals surface area contributed by atoms with Gasteiger partial charge in [-0.25, -0.2) is 0 Å². The number of rotatable bonds is 7. The number of Topliss-reactive ketones (excluding diaryl/α,β-unsaturated/α-hetero) is 2. The molecule has 0 saturated carbocycles. The number of ketones is 2. The Morgan fingerprint density at radius 2 is 1.85 bits per heavy atom. The highest BCUT2D eigenvalue weighted by Crippen LogP contribution is 2.46. The van der Waals surface area contributed by atoms with Gasteiger partial charge in [0.05, 0.1) is 29.4 Å². The van der Waals surface area contributed by atoms with Gasteiger partial charge in [0, 0.05) is 17.2 Å². The number of amides is 1. The number of halogens is 2. The van der Waals surface area contributed by atoms with Crippen LogP contribution in [0, 0.1) is 11.8 Å². The first kappa shape index (κ1) is 21.6. The van der Waals surface area contributed by atoms with Crippen LogP contribution in [-0.2, 0) is 23.9 Å². The van der Waals surface area contributed by atoms with Gasteiger partial charge in [0.25, 0.3) is 0 Å². The normalized spacial score (nSPS) is 17.1. The maximum atomic E-state index is 13.0. The van der Waals surface area contributed by atoms with Crippen molar-refractivity contribution in [2.24, 2.45) is 11.8 Å². The number of nitrogens with zero attached hydrogens (tertiary/aromatic N) is 1. The van der Waals surface area contributed by atoms with Crippen LogP contribution in [0.1, 0.15) is 38.7 Å². The van der Waals surface area contributed by atoms with Crippen LogP contribution < -0.4 is 4.90 Å². The second kappa shape index (κ2) is 8.52. The lowest BCUT2D eigenvalue weighted by Crippen LogP contribution is -2.42. The molecule has 1 amide bonds. The topological polar surface area (TPSA) is 80.8 Å². The third kappa shape index (κ3) is 4.09. The lowest BCUT2D eigenvalue weighted by molar-refractivity contribution is -0.157. The van der Waals surface area contributed by atoms with Crippen molar-refractivity contribution < 1.29 is 23.9 Å². The number of hydrogen-bond acceptors (Lipinski definition) is 5. The van der Waals surface area contributed by atoms with E-state index < -0.39 is 35.3 Å². The molecule has 1 aromatic carbocycles. The molecule has 1 aliphatic heterocycles. The molecule has 0 bridgehead atoms. The standard InChI is InChI=1S/C19H21BrClNO5/c1-5-6-27-19(26)17(15(9(2)23)10(3)24)16-11-7-13(21)12(20)8-14(11)22(4)18(16)25/h7-8,15-17H,5-6H2,1-4H3. The van der Waals surface area contributed by atoms with Gasteiger partial charge in [0.1, 0.15) is 11.6 Å². The molecule has 27 heavy (non-hydrogen) atoms. The summed E-state index contributed by atoms with van der Waals surface area (Å²) in [4.78, 5) is 51.6. The summed E-state index contributed by atoms with van der Waals surface area (Å²) in [5, 5.41) is 0.365. The fraction of sp³-hybridized carbons (Fsp3) is 0.474. The lowest BCUT2D eigenvalue weighted by Gasteiger charge is -2.26. The highest BCUT2D eigenvalue weighted by atomic mass is 79.9. The minimum atomic E-state index is -1.26. The average Bonchev–Trinajstić information content (AvgIpc) is 2.81. The quantitative estimate of drug-likeness (QED) is 0.461. The fourth-order valence-corrected chi connectivity index (χ4v) is 3.96. The maximum Gasteiger partial charge on any atom is 0.311 e. The van der Waals surface area contributed by atoms with Gasteiger partial charge in [-0.15, -0.1) is 0 Å². The molecular weight excluding hydrogens is 438 g/mol. The molecule has 8 heteroatoms. The van der Waals surface area contributed by atoms with Crippen molar-refractivity contribution >= 4 is 56.7 Å². The van der Waals surface area contributed by atoms with Crippen LogP contribution in [0.15, 0.2) is 16.6 Å². The molecule has 0 aliphatic carbocycles. The Bertz CT molecular complexity index is 796. The first-order valence-corrected chi connectivity index (χ1v) is 9.72. The SMILES string of the molecule is CCCOC(=O)C(C(C(C)=O)C(C)=O)C1C(=O)N(C)c2cc(Br)c(Cl)cc21. The second-order valence-electron chi connectivity index (χ2n) is 6.59. The summed E-state index contributed by atoms with van der Waals surface area (Å²) >= 11 is 9.52. The molecule has 2 unspecified atom stereocenters. The Morgan fingerprint density at radius 3 is 2.37 bits per heavy atom. The van der Waals surface area contributed by atoms with Crippen LogP contribution in [0.3, 0.4) is 0 Å². The van der Waals surface area contributed by atoms with Crippen LogP contribution in [0.2, 0.25) is 5.02 Å². The minimum Gasteiger partial charge on any atom is -0.465 e. The van der Waals surface area contributed by atoms with Crippen molar-refractivity contribution in [2.45, 2.75) is 33.1 Å². The van der Waals surface area contributed by atoms with E-state index in [9.17, 15) is 19.2 Å².